The van der Waals surface area contributed by atoms with E-state index in [-0.39, 0.29) is 23.3 Å². The van der Waals surface area contributed by atoms with Crippen LogP contribution in [0.3, 0.4) is 0 Å². The highest BCUT2D eigenvalue weighted by Gasteiger charge is 2.25. The summed E-state index contributed by atoms with van der Waals surface area (Å²) in [6, 6.07) is 14.9. The van der Waals surface area contributed by atoms with Gasteiger partial charge in [0.25, 0.3) is 11.8 Å². The van der Waals surface area contributed by atoms with Gasteiger partial charge in [0.1, 0.15) is 0 Å². The Kier molecular flexibility index (Phi) is 6.46. The molecule has 152 valence electrons. The normalized spacial score (nSPS) is 14.5. The predicted octanol–water partition coefficient (Wildman–Crippen LogP) is 1.75. The largest absolute Gasteiger partial charge is 0.335 e. The first-order valence-corrected chi connectivity index (χ1v) is 10.7. The summed E-state index contributed by atoms with van der Waals surface area (Å²) < 4.78 is 26.6. The van der Waals surface area contributed by atoms with E-state index in [2.05, 4.69) is 11.3 Å². The molecule has 1 N–H and O–H groups in total. The van der Waals surface area contributed by atoms with Gasteiger partial charge < -0.3 is 9.80 Å². The average Bonchev–Trinajstić information content (AvgIpc) is 2.77. The van der Waals surface area contributed by atoms with E-state index in [1.807, 2.05) is 18.2 Å². The monoisotopic (exact) mass is 413 g/mol. The Hall–Kier alpha value is -2.97. The Morgan fingerprint density at radius 3 is 1.83 bits per heavy atom. The van der Waals surface area contributed by atoms with Crippen molar-refractivity contribution in [3.05, 3.63) is 78.4 Å². The maximum absolute atomic E-state index is 12.7. The molecule has 8 heteroatoms. The fourth-order valence-electron chi connectivity index (χ4n) is 3.09. The van der Waals surface area contributed by atoms with E-state index in [0.29, 0.717) is 37.3 Å². The molecule has 29 heavy (non-hydrogen) atoms. The second kappa shape index (κ2) is 9.02. The Bertz CT molecular complexity index is 980. The van der Waals surface area contributed by atoms with Crippen molar-refractivity contribution in [2.24, 2.45) is 0 Å². The van der Waals surface area contributed by atoms with Crippen molar-refractivity contribution in [1.29, 1.82) is 0 Å². The summed E-state index contributed by atoms with van der Waals surface area (Å²) in [6.07, 6.45) is 1.46. The van der Waals surface area contributed by atoms with Crippen molar-refractivity contribution in [1.82, 2.24) is 14.5 Å². The van der Waals surface area contributed by atoms with Gasteiger partial charge in [0.05, 0.1) is 4.90 Å². The van der Waals surface area contributed by atoms with Crippen LogP contribution in [0.2, 0.25) is 0 Å². The van der Waals surface area contributed by atoms with Gasteiger partial charge in [0.2, 0.25) is 10.0 Å². The van der Waals surface area contributed by atoms with Crippen molar-refractivity contribution >= 4 is 21.8 Å². The number of hydrogen-bond acceptors (Lipinski definition) is 4. The first kappa shape index (κ1) is 20.8. The van der Waals surface area contributed by atoms with Gasteiger partial charge in [-0.05, 0) is 36.4 Å². The SMILES string of the molecule is C=CCNS(=O)(=O)c1ccc(C(=O)N2CCN(C(=O)c3ccccc3)CC2)cc1. The molecule has 1 aliphatic rings. The van der Waals surface area contributed by atoms with Crippen LogP contribution in [-0.4, -0.2) is 62.8 Å². The zero-order chi connectivity index (χ0) is 20.9. The van der Waals surface area contributed by atoms with Gasteiger partial charge >= 0.3 is 0 Å². The Labute approximate surface area is 170 Å². The molecule has 0 unspecified atom stereocenters. The zero-order valence-corrected chi connectivity index (χ0v) is 16.8. The smallest absolute Gasteiger partial charge is 0.253 e. The predicted molar refractivity (Wildman–Crippen MR) is 110 cm³/mol. The first-order valence-electron chi connectivity index (χ1n) is 9.26. The second-order valence-electron chi connectivity index (χ2n) is 6.62. The van der Waals surface area contributed by atoms with E-state index in [1.54, 1.807) is 21.9 Å². The minimum Gasteiger partial charge on any atom is -0.335 e. The highest BCUT2D eigenvalue weighted by atomic mass is 32.2. The van der Waals surface area contributed by atoms with Crippen LogP contribution in [0.4, 0.5) is 0 Å². The molecular weight excluding hydrogens is 390 g/mol. The van der Waals surface area contributed by atoms with Crippen LogP contribution in [0.1, 0.15) is 20.7 Å². The van der Waals surface area contributed by atoms with Gasteiger partial charge in [-0.15, -0.1) is 6.58 Å². The molecule has 0 saturated carbocycles. The summed E-state index contributed by atoms with van der Waals surface area (Å²) in [7, 11) is -3.62. The van der Waals surface area contributed by atoms with E-state index >= 15 is 0 Å². The molecule has 2 aromatic carbocycles. The highest BCUT2D eigenvalue weighted by Crippen LogP contribution is 2.15. The van der Waals surface area contributed by atoms with Gasteiger partial charge in [0.15, 0.2) is 0 Å². The van der Waals surface area contributed by atoms with E-state index in [0.717, 1.165) is 0 Å². The van der Waals surface area contributed by atoms with Crippen molar-refractivity contribution < 1.29 is 18.0 Å². The number of nitrogens with one attached hydrogen (secondary N) is 1. The lowest BCUT2D eigenvalue weighted by atomic mass is 10.1. The number of carbonyl (C=O) groups excluding carboxylic acids is 2. The van der Waals surface area contributed by atoms with E-state index in [4.69, 9.17) is 0 Å². The number of amides is 2. The molecular formula is C21H23N3O4S. The Balaban J connectivity index is 1.61. The lowest BCUT2D eigenvalue weighted by Gasteiger charge is -2.35. The van der Waals surface area contributed by atoms with Crippen molar-refractivity contribution in [2.45, 2.75) is 4.90 Å². The summed E-state index contributed by atoms with van der Waals surface area (Å²) in [5, 5.41) is 0. The topological polar surface area (TPSA) is 86.8 Å². The number of nitrogens with zero attached hydrogens (tertiary/aromatic N) is 2. The third kappa shape index (κ3) is 4.90. The number of sulfonamides is 1. The van der Waals surface area contributed by atoms with Crippen LogP contribution in [0.15, 0.2) is 72.1 Å². The van der Waals surface area contributed by atoms with E-state index < -0.39 is 10.0 Å². The van der Waals surface area contributed by atoms with Gasteiger partial charge in [-0.25, -0.2) is 13.1 Å². The van der Waals surface area contributed by atoms with Crippen LogP contribution < -0.4 is 4.72 Å². The van der Waals surface area contributed by atoms with Crippen LogP contribution in [0.5, 0.6) is 0 Å². The molecule has 3 rings (SSSR count). The first-order chi connectivity index (χ1) is 13.9. The third-order valence-corrected chi connectivity index (χ3v) is 6.14. The highest BCUT2D eigenvalue weighted by molar-refractivity contribution is 7.89. The van der Waals surface area contributed by atoms with Gasteiger partial charge in [-0.3, -0.25) is 9.59 Å². The number of rotatable bonds is 6. The summed E-state index contributed by atoms with van der Waals surface area (Å²) in [4.78, 5) is 28.7. The summed E-state index contributed by atoms with van der Waals surface area (Å²) in [6.45, 7) is 5.38. The lowest BCUT2D eigenvalue weighted by molar-refractivity contribution is 0.0535. The maximum Gasteiger partial charge on any atom is 0.253 e. The maximum atomic E-state index is 12.7. The summed E-state index contributed by atoms with van der Waals surface area (Å²) in [5.41, 5.74) is 1.05. The molecule has 0 aromatic heterocycles. The minimum atomic E-state index is -3.62. The fraction of sp³-hybridized carbons (Fsp3) is 0.238. The molecule has 1 aliphatic heterocycles. The molecule has 0 aliphatic carbocycles. The van der Waals surface area contributed by atoms with Crippen molar-refractivity contribution in [2.75, 3.05) is 32.7 Å². The Morgan fingerprint density at radius 1 is 0.862 bits per heavy atom. The molecule has 1 heterocycles. The summed E-state index contributed by atoms with van der Waals surface area (Å²) >= 11 is 0. The summed E-state index contributed by atoms with van der Waals surface area (Å²) in [5.74, 6) is -0.223. The van der Waals surface area contributed by atoms with E-state index in [9.17, 15) is 18.0 Å². The molecule has 2 aromatic rings. The third-order valence-electron chi connectivity index (χ3n) is 4.70. The zero-order valence-electron chi connectivity index (χ0n) is 16.0. The molecule has 0 spiro atoms. The fourth-order valence-corrected chi connectivity index (χ4v) is 4.09. The molecule has 0 radical (unpaired) electrons. The van der Waals surface area contributed by atoms with Gasteiger partial charge in [0, 0.05) is 43.9 Å². The van der Waals surface area contributed by atoms with Gasteiger partial charge in [-0.2, -0.15) is 0 Å². The average molecular weight is 413 g/mol. The van der Waals surface area contributed by atoms with Crippen molar-refractivity contribution in [3.63, 3.8) is 0 Å². The standard InChI is InChI=1S/C21H23N3O4S/c1-2-12-22-29(27,28)19-10-8-18(9-11-19)21(26)24-15-13-23(14-16-24)20(25)17-6-4-3-5-7-17/h2-11,22H,1,12-16H2. The second-order valence-corrected chi connectivity index (χ2v) is 8.38. The Morgan fingerprint density at radius 2 is 1.34 bits per heavy atom. The molecule has 7 nitrogen and oxygen atoms in total. The van der Waals surface area contributed by atoms with Gasteiger partial charge in [-0.1, -0.05) is 24.3 Å². The number of carbonyl (C=O) groups is 2. The van der Waals surface area contributed by atoms with Crippen molar-refractivity contribution in [3.8, 4) is 0 Å². The molecule has 0 bridgehead atoms. The van der Waals surface area contributed by atoms with Crippen LogP contribution in [0.25, 0.3) is 0 Å². The number of benzene rings is 2. The number of hydrogen-bond donors (Lipinski definition) is 1. The quantitative estimate of drug-likeness (QED) is 0.731. The molecule has 1 saturated heterocycles. The van der Waals surface area contributed by atoms with E-state index in [1.165, 1.54) is 30.3 Å². The molecule has 2 amide bonds. The lowest BCUT2D eigenvalue weighted by Crippen LogP contribution is -2.50. The molecule has 1 fully saturated rings. The molecule has 0 atom stereocenters. The van der Waals surface area contributed by atoms with Crippen LogP contribution in [-0.2, 0) is 10.0 Å². The number of piperazine rings is 1. The van der Waals surface area contributed by atoms with Crippen LogP contribution in [0, 0.1) is 0 Å². The minimum absolute atomic E-state index is 0.0423. The van der Waals surface area contributed by atoms with Crippen LogP contribution >= 0.6 is 0 Å².